The molecule has 0 heterocycles. The molecule has 0 aromatic heterocycles. The van der Waals surface area contributed by atoms with Gasteiger partial charge in [0.1, 0.15) is 0 Å². The van der Waals surface area contributed by atoms with Crippen LogP contribution in [0.2, 0.25) is 0 Å². The number of hydrogen-bond donors (Lipinski definition) is 2. The average molecular weight is 716 g/mol. The van der Waals surface area contributed by atoms with Gasteiger partial charge in [0.15, 0.2) is 5.78 Å². The van der Waals surface area contributed by atoms with Gasteiger partial charge in [-0.25, -0.2) is 0 Å². The lowest BCUT2D eigenvalue weighted by Crippen LogP contribution is -2.23. The highest BCUT2D eigenvalue weighted by Gasteiger charge is 2.23. The summed E-state index contributed by atoms with van der Waals surface area (Å²) in [6.45, 7) is 12.9. The predicted octanol–water partition coefficient (Wildman–Crippen LogP) is 10.4. The van der Waals surface area contributed by atoms with Crippen molar-refractivity contribution >= 4 is 27.5 Å². The van der Waals surface area contributed by atoms with E-state index >= 15 is 0 Å². The molecular formula is C45H49NO5S. The summed E-state index contributed by atoms with van der Waals surface area (Å²) < 4.78 is 30.9. The lowest BCUT2D eigenvalue weighted by Gasteiger charge is -2.20. The number of anilines is 1. The number of benzene rings is 5. The maximum atomic E-state index is 14.1. The summed E-state index contributed by atoms with van der Waals surface area (Å²) in [6.07, 6.45) is 1.19. The largest absolute Gasteiger partial charge is 0.326 e. The van der Waals surface area contributed by atoms with Crippen molar-refractivity contribution in [2.75, 3.05) is 11.1 Å². The summed E-state index contributed by atoms with van der Waals surface area (Å²) in [7, 11) is -4.04. The van der Waals surface area contributed by atoms with Crippen LogP contribution >= 0.6 is 0 Å². The van der Waals surface area contributed by atoms with Crippen LogP contribution in [0.4, 0.5) is 5.69 Å². The van der Waals surface area contributed by atoms with Crippen LogP contribution in [-0.4, -0.2) is 30.4 Å². The van der Waals surface area contributed by atoms with Crippen LogP contribution in [0.25, 0.3) is 22.3 Å². The van der Waals surface area contributed by atoms with Crippen LogP contribution in [-0.2, 0) is 26.7 Å². The molecule has 5 aromatic rings. The molecule has 0 fully saturated rings. The Kier molecular flexibility index (Phi) is 12.0. The first kappa shape index (κ1) is 38.4. The van der Waals surface area contributed by atoms with Crippen LogP contribution < -0.4 is 5.32 Å². The Morgan fingerprint density at radius 3 is 1.79 bits per heavy atom. The van der Waals surface area contributed by atoms with Gasteiger partial charge in [-0.05, 0) is 108 Å². The first-order chi connectivity index (χ1) is 24.6. The van der Waals surface area contributed by atoms with Crippen molar-refractivity contribution in [1.29, 1.82) is 0 Å². The van der Waals surface area contributed by atoms with Crippen LogP contribution in [0, 0.1) is 20.8 Å². The van der Waals surface area contributed by atoms with Gasteiger partial charge in [0.25, 0.3) is 10.1 Å². The van der Waals surface area contributed by atoms with E-state index in [0.717, 1.165) is 27.8 Å². The van der Waals surface area contributed by atoms with Crippen molar-refractivity contribution in [1.82, 2.24) is 0 Å². The van der Waals surface area contributed by atoms with Gasteiger partial charge in [-0.1, -0.05) is 123 Å². The Bertz CT molecular complexity index is 2100. The molecule has 7 heteroatoms. The second-order valence-electron chi connectivity index (χ2n) is 14.9. The van der Waals surface area contributed by atoms with E-state index in [0.29, 0.717) is 24.1 Å². The third kappa shape index (κ3) is 10.1. The fourth-order valence-electron chi connectivity index (χ4n) is 6.79. The van der Waals surface area contributed by atoms with Crippen molar-refractivity contribution in [3.05, 3.63) is 148 Å². The summed E-state index contributed by atoms with van der Waals surface area (Å²) in [4.78, 5) is 26.8. The zero-order valence-corrected chi connectivity index (χ0v) is 31.8. The van der Waals surface area contributed by atoms with E-state index < -0.39 is 16.0 Å². The van der Waals surface area contributed by atoms with Gasteiger partial charge in [-0.15, -0.1) is 0 Å². The number of aryl methyl sites for hydroxylation is 3. The average Bonchev–Trinajstić information content (AvgIpc) is 3.09. The van der Waals surface area contributed by atoms with Crippen molar-refractivity contribution in [2.45, 2.75) is 78.6 Å². The lowest BCUT2D eigenvalue weighted by atomic mass is 9.86. The molecule has 5 aromatic carbocycles. The molecule has 270 valence electrons. The number of carbonyl (C=O) groups is 2. The Labute approximate surface area is 309 Å². The predicted molar refractivity (Wildman–Crippen MR) is 213 cm³/mol. The first-order valence-corrected chi connectivity index (χ1v) is 19.5. The zero-order chi connectivity index (χ0) is 37.6. The van der Waals surface area contributed by atoms with Gasteiger partial charge >= 0.3 is 0 Å². The molecule has 0 unspecified atom stereocenters. The summed E-state index contributed by atoms with van der Waals surface area (Å²) in [6, 6.07) is 36.4. The number of rotatable bonds is 13. The van der Waals surface area contributed by atoms with Gasteiger partial charge in [0.05, 0.1) is 11.7 Å². The number of amides is 1. The minimum atomic E-state index is -4.04. The van der Waals surface area contributed by atoms with Gasteiger partial charge in [0, 0.05) is 17.7 Å². The monoisotopic (exact) mass is 715 g/mol. The van der Waals surface area contributed by atoms with Crippen molar-refractivity contribution in [3.63, 3.8) is 0 Å². The summed E-state index contributed by atoms with van der Waals surface area (Å²) in [5.74, 6) is -1.08. The molecular weight excluding hydrogens is 667 g/mol. The smallest absolute Gasteiger partial charge is 0.264 e. The normalized spacial score (nSPS) is 12.4. The molecule has 6 nitrogen and oxygen atoms in total. The van der Waals surface area contributed by atoms with Gasteiger partial charge in [0.2, 0.25) is 5.91 Å². The molecule has 0 radical (unpaired) electrons. The topological polar surface area (TPSA) is 101 Å². The molecule has 0 aliphatic heterocycles. The molecule has 1 amide bonds. The molecule has 0 bridgehead atoms. The Morgan fingerprint density at radius 2 is 1.25 bits per heavy atom. The highest BCUT2D eigenvalue weighted by molar-refractivity contribution is 7.85. The van der Waals surface area contributed by atoms with Crippen LogP contribution in [0.1, 0.15) is 89.7 Å². The summed E-state index contributed by atoms with van der Waals surface area (Å²) >= 11 is 0. The van der Waals surface area contributed by atoms with Crippen molar-refractivity contribution in [3.8, 4) is 22.3 Å². The summed E-state index contributed by atoms with van der Waals surface area (Å²) in [5, 5.41) is 3.16. The van der Waals surface area contributed by atoms with E-state index in [-0.39, 0.29) is 35.7 Å². The van der Waals surface area contributed by atoms with Gasteiger partial charge in [-0.2, -0.15) is 8.42 Å². The SMILES string of the molecule is Cc1cc(C)c(-c2ccc(NC(=O)[C@H](Cc3ccc(C(=O)CCCCS(=O)(=O)O)cc3)c3ccc(-c4ccc(C(C)(C)C)cc4)cc3)cc2)c(C)c1. The third-order valence-electron chi connectivity index (χ3n) is 9.60. The minimum absolute atomic E-state index is 0.0685. The molecule has 52 heavy (non-hydrogen) atoms. The standard InChI is InChI=1S/C45H49NO5S/c1-30-27-31(2)43(32(3)28-30)38-20-24-40(25-21-38)46-44(48)41(29-33-10-12-37(13-11-33)42(47)9-7-8-26-52(49,50)51)36-16-14-34(15-17-36)35-18-22-39(23-19-35)45(4,5)6/h10-25,27-28,41H,7-9,26,29H2,1-6H3,(H,46,48)(H,49,50,51)/t41-/m1/s1. The molecule has 0 aliphatic carbocycles. The number of ketones is 1. The van der Waals surface area contributed by atoms with Gasteiger partial charge in [-0.3, -0.25) is 14.1 Å². The molecule has 2 N–H and O–H groups in total. The quantitative estimate of drug-likeness (QED) is 0.0718. The molecule has 0 spiro atoms. The van der Waals surface area contributed by atoms with E-state index in [1.807, 2.05) is 48.5 Å². The number of hydrogen-bond acceptors (Lipinski definition) is 4. The van der Waals surface area contributed by atoms with E-state index in [2.05, 4.69) is 95.4 Å². The second kappa shape index (κ2) is 16.2. The third-order valence-corrected chi connectivity index (χ3v) is 10.4. The molecule has 0 saturated heterocycles. The Morgan fingerprint density at radius 1 is 0.712 bits per heavy atom. The Balaban J connectivity index is 1.36. The van der Waals surface area contributed by atoms with Crippen molar-refractivity contribution < 1.29 is 22.6 Å². The zero-order valence-electron chi connectivity index (χ0n) is 31.0. The molecule has 1 atom stereocenters. The van der Waals surface area contributed by atoms with E-state index in [1.54, 1.807) is 12.1 Å². The highest BCUT2D eigenvalue weighted by Crippen LogP contribution is 2.32. The second-order valence-corrected chi connectivity index (χ2v) is 16.5. The van der Waals surface area contributed by atoms with Crippen molar-refractivity contribution in [2.24, 2.45) is 0 Å². The van der Waals surface area contributed by atoms with Crippen LogP contribution in [0.15, 0.2) is 109 Å². The number of Topliss-reactive ketones (excluding diaryl/α,β-unsaturated/α-hetero) is 1. The fourth-order valence-corrected chi connectivity index (χ4v) is 7.36. The highest BCUT2D eigenvalue weighted by atomic mass is 32.2. The number of unbranched alkanes of at least 4 members (excludes halogenated alkanes) is 1. The summed E-state index contributed by atoms with van der Waals surface area (Å²) in [5.41, 5.74) is 12.5. The van der Waals surface area contributed by atoms with E-state index in [4.69, 9.17) is 4.55 Å². The van der Waals surface area contributed by atoms with E-state index in [1.165, 1.54) is 27.8 Å². The lowest BCUT2D eigenvalue weighted by molar-refractivity contribution is -0.117. The maximum absolute atomic E-state index is 14.1. The fraction of sp³-hybridized carbons (Fsp3) is 0.289. The molecule has 0 saturated carbocycles. The number of carbonyl (C=O) groups excluding carboxylic acids is 2. The maximum Gasteiger partial charge on any atom is 0.264 e. The number of nitrogens with one attached hydrogen (secondary N) is 1. The first-order valence-electron chi connectivity index (χ1n) is 17.8. The Hall–Kier alpha value is -4.85. The van der Waals surface area contributed by atoms with E-state index in [9.17, 15) is 18.0 Å². The van der Waals surface area contributed by atoms with Crippen LogP contribution in [0.3, 0.4) is 0 Å². The van der Waals surface area contributed by atoms with Crippen LogP contribution in [0.5, 0.6) is 0 Å². The molecule has 5 rings (SSSR count). The minimum Gasteiger partial charge on any atom is -0.326 e. The van der Waals surface area contributed by atoms with Gasteiger partial charge < -0.3 is 5.32 Å². The molecule has 0 aliphatic rings.